The molecule has 2 atom stereocenters. The van der Waals surface area contributed by atoms with Crippen molar-refractivity contribution >= 4 is 29.2 Å². The maximum absolute atomic E-state index is 12.8. The molecule has 2 saturated heterocycles. The summed E-state index contributed by atoms with van der Waals surface area (Å²) in [6.07, 6.45) is 0.528. The fourth-order valence-corrected chi connectivity index (χ4v) is 3.77. The molecule has 3 amide bonds. The third-order valence-electron chi connectivity index (χ3n) is 5.22. The third kappa shape index (κ3) is 2.66. The van der Waals surface area contributed by atoms with Gasteiger partial charge in [-0.2, -0.15) is 0 Å². The van der Waals surface area contributed by atoms with Crippen LogP contribution in [-0.2, 0) is 9.59 Å². The molecule has 2 fully saturated rings. The monoisotopic (exact) mass is 357 g/mol. The van der Waals surface area contributed by atoms with Crippen LogP contribution in [0.5, 0.6) is 0 Å². The SMILES string of the molecule is O=C1CCN(c2ccc3c(c2)C(=O)N(C2CCC(O)NC2=O)C3=O)CC1. The molecule has 3 aliphatic rings. The van der Waals surface area contributed by atoms with E-state index < -0.39 is 30.0 Å². The van der Waals surface area contributed by atoms with Crippen LogP contribution in [0.1, 0.15) is 46.4 Å². The van der Waals surface area contributed by atoms with Crippen molar-refractivity contribution in [1.29, 1.82) is 0 Å². The second kappa shape index (κ2) is 6.21. The summed E-state index contributed by atoms with van der Waals surface area (Å²) in [4.78, 5) is 52.0. The van der Waals surface area contributed by atoms with Gasteiger partial charge in [0.1, 0.15) is 18.1 Å². The number of rotatable bonds is 2. The maximum atomic E-state index is 12.8. The number of piperidine rings is 2. The Morgan fingerprint density at radius 1 is 0.962 bits per heavy atom. The molecular formula is C18H19N3O5. The maximum Gasteiger partial charge on any atom is 0.262 e. The summed E-state index contributed by atoms with van der Waals surface area (Å²) in [7, 11) is 0. The number of nitrogens with one attached hydrogen (secondary N) is 1. The van der Waals surface area contributed by atoms with Crippen LogP contribution >= 0.6 is 0 Å². The number of hydrogen-bond donors (Lipinski definition) is 2. The molecule has 0 saturated carbocycles. The Balaban J connectivity index is 1.60. The number of imide groups is 1. The molecule has 136 valence electrons. The highest BCUT2D eigenvalue weighted by Gasteiger charge is 2.44. The minimum atomic E-state index is -0.942. The van der Waals surface area contributed by atoms with E-state index in [2.05, 4.69) is 5.32 Å². The van der Waals surface area contributed by atoms with Gasteiger partial charge in [0.2, 0.25) is 5.91 Å². The van der Waals surface area contributed by atoms with Crippen LogP contribution in [0.2, 0.25) is 0 Å². The van der Waals surface area contributed by atoms with Crippen LogP contribution in [0.4, 0.5) is 5.69 Å². The number of aliphatic hydroxyl groups excluding tert-OH is 1. The molecule has 0 aromatic heterocycles. The fraction of sp³-hybridized carbons (Fsp3) is 0.444. The molecule has 3 aliphatic heterocycles. The summed E-state index contributed by atoms with van der Waals surface area (Å²) < 4.78 is 0. The highest BCUT2D eigenvalue weighted by atomic mass is 16.3. The molecule has 2 N–H and O–H groups in total. The van der Waals surface area contributed by atoms with Gasteiger partial charge in [-0.25, -0.2) is 0 Å². The highest BCUT2D eigenvalue weighted by Crippen LogP contribution is 2.31. The lowest BCUT2D eigenvalue weighted by Gasteiger charge is -2.31. The number of fused-ring (bicyclic) bond motifs is 1. The van der Waals surface area contributed by atoms with E-state index in [1.165, 1.54) is 0 Å². The minimum Gasteiger partial charge on any atom is -0.374 e. The summed E-state index contributed by atoms with van der Waals surface area (Å²) in [5.74, 6) is -1.27. The lowest BCUT2D eigenvalue weighted by atomic mass is 10.0. The number of carbonyl (C=O) groups excluding carboxylic acids is 4. The lowest BCUT2D eigenvalue weighted by Crippen LogP contribution is -2.55. The van der Waals surface area contributed by atoms with Crippen molar-refractivity contribution in [3.63, 3.8) is 0 Å². The molecule has 3 heterocycles. The number of Topliss-reactive ketones (excluding diaryl/α,β-unsaturated/α-hetero) is 1. The molecule has 2 unspecified atom stereocenters. The molecule has 1 aromatic carbocycles. The Hall–Kier alpha value is -2.74. The van der Waals surface area contributed by atoms with E-state index in [0.717, 1.165) is 10.6 Å². The number of nitrogens with zero attached hydrogens (tertiary/aromatic N) is 2. The van der Waals surface area contributed by atoms with Crippen LogP contribution < -0.4 is 10.2 Å². The first kappa shape index (κ1) is 16.7. The molecule has 26 heavy (non-hydrogen) atoms. The fourth-order valence-electron chi connectivity index (χ4n) is 3.77. The van der Waals surface area contributed by atoms with E-state index >= 15 is 0 Å². The van der Waals surface area contributed by atoms with Crippen LogP contribution in [0, 0.1) is 0 Å². The number of anilines is 1. The van der Waals surface area contributed by atoms with E-state index in [1.54, 1.807) is 18.2 Å². The number of carbonyl (C=O) groups is 4. The molecule has 1 aromatic rings. The predicted molar refractivity (Wildman–Crippen MR) is 90.6 cm³/mol. The van der Waals surface area contributed by atoms with Gasteiger partial charge in [0.15, 0.2) is 0 Å². The summed E-state index contributed by atoms with van der Waals surface area (Å²) >= 11 is 0. The minimum absolute atomic E-state index is 0.227. The number of aliphatic hydroxyl groups is 1. The quantitative estimate of drug-likeness (QED) is 0.724. The molecule has 0 radical (unpaired) electrons. The van der Waals surface area contributed by atoms with Gasteiger partial charge in [-0.15, -0.1) is 0 Å². The van der Waals surface area contributed by atoms with Crippen LogP contribution in [0.15, 0.2) is 18.2 Å². The molecule has 0 spiro atoms. The van der Waals surface area contributed by atoms with Gasteiger partial charge >= 0.3 is 0 Å². The van der Waals surface area contributed by atoms with Crippen molar-refractivity contribution in [2.24, 2.45) is 0 Å². The van der Waals surface area contributed by atoms with Crippen molar-refractivity contribution in [3.05, 3.63) is 29.3 Å². The molecule has 4 rings (SSSR count). The summed E-state index contributed by atoms with van der Waals surface area (Å²) in [5.41, 5.74) is 1.36. The average Bonchev–Trinajstić information content (AvgIpc) is 2.87. The van der Waals surface area contributed by atoms with Gasteiger partial charge in [0.25, 0.3) is 11.8 Å². The zero-order valence-electron chi connectivity index (χ0n) is 14.1. The Kier molecular flexibility index (Phi) is 3.99. The normalized spacial score (nSPS) is 26.2. The summed E-state index contributed by atoms with van der Waals surface area (Å²) in [6.45, 7) is 1.18. The largest absolute Gasteiger partial charge is 0.374 e. The molecule has 0 bridgehead atoms. The Morgan fingerprint density at radius 2 is 1.65 bits per heavy atom. The van der Waals surface area contributed by atoms with Crippen LogP contribution in [0.25, 0.3) is 0 Å². The van der Waals surface area contributed by atoms with Crippen LogP contribution in [0.3, 0.4) is 0 Å². The van der Waals surface area contributed by atoms with Crippen molar-refractivity contribution in [2.45, 2.75) is 38.0 Å². The Bertz CT molecular complexity index is 811. The zero-order chi connectivity index (χ0) is 18.4. The number of benzene rings is 1. The Morgan fingerprint density at radius 3 is 2.35 bits per heavy atom. The zero-order valence-corrected chi connectivity index (χ0v) is 14.1. The van der Waals surface area contributed by atoms with Crippen molar-refractivity contribution in [1.82, 2.24) is 10.2 Å². The van der Waals surface area contributed by atoms with Gasteiger partial charge in [0, 0.05) is 31.6 Å². The lowest BCUT2D eigenvalue weighted by molar-refractivity contribution is -0.131. The van der Waals surface area contributed by atoms with Gasteiger partial charge in [-0.05, 0) is 31.0 Å². The van der Waals surface area contributed by atoms with Crippen LogP contribution in [-0.4, -0.2) is 58.9 Å². The highest BCUT2D eigenvalue weighted by molar-refractivity contribution is 6.23. The molecule has 0 aliphatic carbocycles. The third-order valence-corrected chi connectivity index (χ3v) is 5.22. The Labute approximate surface area is 149 Å². The van der Waals surface area contributed by atoms with Gasteiger partial charge in [0.05, 0.1) is 11.1 Å². The first-order valence-electron chi connectivity index (χ1n) is 8.73. The molecule has 8 heteroatoms. The number of ketones is 1. The standard InChI is InChI=1S/C18H19N3O5/c22-11-5-7-20(8-6-11)10-1-2-12-13(9-10)18(26)21(17(12)25)14-3-4-15(23)19-16(14)24/h1-2,9,14-15,23H,3-8H2,(H,19,24). The van der Waals surface area contributed by atoms with Gasteiger partial charge in [-0.3, -0.25) is 24.1 Å². The molecule has 8 nitrogen and oxygen atoms in total. The predicted octanol–water partition coefficient (Wildman–Crippen LogP) is 0.0489. The first-order valence-corrected chi connectivity index (χ1v) is 8.73. The van der Waals surface area contributed by atoms with E-state index in [0.29, 0.717) is 25.9 Å². The summed E-state index contributed by atoms with van der Waals surface area (Å²) in [6, 6.07) is 4.15. The topological polar surface area (TPSA) is 107 Å². The van der Waals surface area contributed by atoms with E-state index in [9.17, 15) is 24.3 Å². The number of amides is 3. The average molecular weight is 357 g/mol. The van der Waals surface area contributed by atoms with E-state index in [-0.39, 0.29) is 29.8 Å². The van der Waals surface area contributed by atoms with Gasteiger partial charge < -0.3 is 15.3 Å². The number of hydrogen-bond acceptors (Lipinski definition) is 6. The second-order valence-corrected chi connectivity index (χ2v) is 6.85. The summed E-state index contributed by atoms with van der Waals surface area (Å²) in [5, 5.41) is 11.9. The van der Waals surface area contributed by atoms with E-state index in [1.807, 2.05) is 4.90 Å². The van der Waals surface area contributed by atoms with Crippen molar-refractivity contribution in [2.75, 3.05) is 18.0 Å². The van der Waals surface area contributed by atoms with E-state index in [4.69, 9.17) is 0 Å². The van der Waals surface area contributed by atoms with Crippen molar-refractivity contribution < 1.29 is 24.3 Å². The molecular weight excluding hydrogens is 338 g/mol. The van der Waals surface area contributed by atoms with Crippen molar-refractivity contribution in [3.8, 4) is 0 Å². The first-order chi connectivity index (χ1) is 12.5. The van der Waals surface area contributed by atoms with Gasteiger partial charge in [-0.1, -0.05) is 0 Å². The second-order valence-electron chi connectivity index (χ2n) is 6.85. The smallest absolute Gasteiger partial charge is 0.262 e.